The zero-order valence-electron chi connectivity index (χ0n) is 15.0. The summed E-state index contributed by atoms with van der Waals surface area (Å²) in [5, 5.41) is 15.0. The van der Waals surface area contributed by atoms with E-state index in [2.05, 4.69) is 43.6 Å². The van der Waals surface area contributed by atoms with E-state index >= 15 is 0 Å². The van der Waals surface area contributed by atoms with Crippen LogP contribution in [-0.2, 0) is 11.3 Å². The highest BCUT2D eigenvalue weighted by Crippen LogP contribution is 2.30. The number of piperazine rings is 1. The summed E-state index contributed by atoms with van der Waals surface area (Å²) in [6.07, 6.45) is 0. The van der Waals surface area contributed by atoms with Crippen LogP contribution >= 0.6 is 11.3 Å². The van der Waals surface area contributed by atoms with E-state index in [1.807, 2.05) is 18.0 Å². The largest absolute Gasteiger partial charge is 0.386 e. The molecule has 1 aliphatic rings. The molecule has 7 nitrogen and oxygen atoms in total. The van der Waals surface area contributed by atoms with Crippen molar-refractivity contribution in [3.8, 4) is 10.7 Å². The molecule has 0 unspecified atom stereocenters. The number of carbonyl (C=O) groups excluding carboxylic acids is 1. The van der Waals surface area contributed by atoms with E-state index in [0.29, 0.717) is 0 Å². The van der Waals surface area contributed by atoms with E-state index in [9.17, 15) is 4.79 Å². The number of para-hydroxylation sites is 1. The van der Waals surface area contributed by atoms with Crippen molar-refractivity contribution in [3.63, 3.8) is 0 Å². The number of fused-ring (bicyclic) bond motifs is 1. The summed E-state index contributed by atoms with van der Waals surface area (Å²) in [5.74, 6) is 0.155. The fourth-order valence-electron chi connectivity index (χ4n) is 3.32. The lowest BCUT2D eigenvalue weighted by Crippen LogP contribution is -2.47. The third-order valence-electron chi connectivity index (χ3n) is 4.80. The van der Waals surface area contributed by atoms with Gasteiger partial charge in [0.05, 0.1) is 23.4 Å². The Hall–Kier alpha value is -2.45. The molecule has 8 heteroatoms. The molecule has 136 valence electrons. The van der Waals surface area contributed by atoms with E-state index < -0.39 is 0 Å². The average Bonchev–Trinajstić information content (AvgIpc) is 3.28. The quantitative estimate of drug-likeness (QED) is 0.737. The number of hydrogen-bond acceptors (Lipinski definition) is 6. The maximum Gasteiger partial charge on any atom is 0.219 e. The third-order valence-corrected chi connectivity index (χ3v) is 5.74. The predicted molar refractivity (Wildman–Crippen MR) is 104 cm³/mol. The topological polar surface area (TPSA) is 77.2 Å². The molecule has 2 aromatic heterocycles. The van der Waals surface area contributed by atoms with Crippen LogP contribution in [0, 0.1) is 0 Å². The van der Waals surface area contributed by atoms with Gasteiger partial charge in [0, 0.05) is 45.5 Å². The van der Waals surface area contributed by atoms with Gasteiger partial charge in [0.15, 0.2) is 5.01 Å². The summed E-state index contributed by atoms with van der Waals surface area (Å²) in [5.41, 5.74) is 3.15. The van der Waals surface area contributed by atoms with Gasteiger partial charge in [-0.25, -0.2) is 0 Å². The first-order valence-electron chi connectivity index (χ1n) is 8.74. The molecule has 0 saturated carbocycles. The standard InChI is InChI=1S/C18H22N6OS/c1-12(25)24-8-6-23(7-9-24)11-16-21-22-18(26-16)15-10-13-4-3-5-14(19-2)17(13)20-15/h3-5,10,19-20H,6-9,11H2,1-2H3. The highest BCUT2D eigenvalue weighted by atomic mass is 32.1. The summed E-state index contributed by atoms with van der Waals surface area (Å²) in [6, 6.07) is 8.30. The normalized spacial score (nSPS) is 15.5. The molecule has 26 heavy (non-hydrogen) atoms. The van der Waals surface area contributed by atoms with Crippen molar-refractivity contribution in [2.75, 3.05) is 38.5 Å². The summed E-state index contributed by atoms with van der Waals surface area (Å²) in [6.45, 7) is 5.75. The number of nitrogens with zero attached hydrogens (tertiary/aromatic N) is 4. The Bertz CT molecular complexity index is 925. The molecule has 3 aromatic rings. The van der Waals surface area contributed by atoms with Gasteiger partial charge >= 0.3 is 0 Å². The molecule has 1 aromatic carbocycles. The lowest BCUT2D eigenvalue weighted by molar-refractivity contribution is -0.130. The van der Waals surface area contributed by atoms with Crippen LogP contribution in [0.4, 0.5) is 5.69 Å². The van der Waals surface area contributed by atoms with Crippen molar-refractivity contribution in [2.45, 2.75) is 13.5 Å². The molecule has 1 aliphatic heterocycles. The lowest BCUT2D eigenvalue weighted by atomic mass is 10.2. The van der Waals surface area contributed by atoms with Gasteiger partial charge in [-0.3, -0.25) is 9.69 Å². The van der Waals surface area contributed by atoms with Gasteiger partial charge in [-0.15, -0.1) is 10.2 Å². The Labute approximate surface area is 156 Å². The van der Waals surface area contributed by atoms with E-state index in [1.165, 1.54) is 0 Å². The van der Waals surface area contributed by atoms with Gasteiger partial charge in [0.2, 0.25) is 5.91 Å². The second kappa shape index (κ2) is 7.05. The van der Waals surface area contributed by atoms with E-state index in [-0.39, 0.29) is 5.91 Å². The zero-order valence-corrected chi connectivity index (χ0v) is 15.8. The Morgan fingerprint density at radius 1 is 1.27 bits per heavy atom. The highest BCUT2D eigenvalue weighted by Gasteiger charge is 2.20. The van der Waals surface area contributed by atoms with Gasteiger partial charge in [-0.05, 0) is 12.1 Å². The molecule has 4 rings (SSSR count). The molecule has 2 N–H and O–H groups in total. The van der Waals surface area contributed by atoms with Crippen molar-refractivity contribution < 1.29 is 4.79 Å². The molecule has 0 atom stereocenters. The predicted octanol–water partition coefficient (Wildman–Crippen LogP) is 2.39. The number of H-pyrrole nitrogens is 1. The summed E-state index contributed by atoms with van der Waals surface area (Å²) in [7, 11) is 1.92. The fourth-order valence-corrected chi connectivity index (χ4v) is 4.17. The van der Waals surface area contributed by atoms with Gasteiger partial charge in [0.25, 0.3) is 0 Å². The lowest BCUT2D eigenvalue weighted by Gasteiger charge is -2.33. The van der Waals surface area contributed by atoms with Gasteiger partial charge in [-0.1, -0.05) is 23.5 Å². The fraction of sp³-hybridized carbons (Fsp3) is 0.389. The van der Waals surface area contributed by atoms with Crippen LogP contribution in [0.15, 0.2) is 24.3 Å². The van der Waals surface area contributed by atoms with Crippen molar-refractivity contribution in [2.24, 2.45) is 0 Å². The van der Waals surface area contributed by atoms with Gasteiger partial charge in [-0.2, -0.15) is 0 Å². The van der Waals surface area contributed by atoms with Crippen LogP contribution in [-0.4, -0.2) is 64.1 Å². The smallest absolute Gasteiger partial charge is 0.219 e. The Kier molecular flexibility index (Phi) is 4.60. The Balaban J connectivity index is 1.48. The monoisotopic (exact) mass is 370 g/mol. The van der Waals surface area contributed by atoms with Crippen molar-refractivity contribution >= 4 is 33.8 Å². The van der Waals surface area contributed by atoms with Crippen molar-refractivity contribution in [3.05, 3.63) is 29.3 Å². The Morgan fingerprint density at radius 2 is 2.08 bits per heavy atom. The number of carbonyl (C=O) groups is 1. The Morgan fingerprint density at radius 3 is 2.81 bits per heavy atom. The summed E-state index contributed by atoms with van der Waals surface area (Å²) < 4.78 is 0. The first-order chi connectivity index (χ1) is 12.6. The van der Waals surface area contributed by atoms with Crippen LogP contribution in [0.25, 0.3) is 21.6 Å². The molecular formula is C18H22N6OS. The molecule has 0 radical (unpaired) electrons. The number of benzene rings is 1. The molecule has 3 heterocycles. The number of hydrogen-bond donors (Lipinski definition) is 2. The number of anilines is 1. The summed E-state index contributed by atoms with van der Waals surface area (Å²) in [4.78, 5) is 19.1. The van der Waals surface area contributed by atoms with Crippen molar-refractivity contribution in [1.29, 1.82) is 0 Å². The molecule has 0 aliphatic carbocycles. The molecule has 1 amide bonds. The molecule has 1 fully saturated rings. The second-order valence-electron chi connectivity index (χ2n) is 6.49. The first-order valence-corrected chi connectivity index (χ1v) is 9.56. The number of nitrogens with one attached hydrogen (secondary N) is 2. The minimum absolute atomic E-state index is 0.155. The minimum atomic E-state index is 0.155. The third kappa shape index (κ3) is 3.30. The van der Waals surface area contributed by atoms with Crippen LogP contribution in [0.1, 0.15) is 11.9 Å². The number of aromatic nitrogens is 3. The second-order valence-corrected chi connectivity index (χ2v) is 7.55. The first kappa shape index (κ1) is 17.0. The SMILES string of the molecule is CNc1cccc2cc(-c3nnc(CN4CCN(C(C)=O)CC4)s3)[nH]c12. The molecule has 1 saturated heterocycles. The molecule has 0 spiro atoms. The van der Waals surface area contributed by atoms with Crippen LogP contribution in [0.2, 0.25) is 0 Å². The maximum atomic E-state index is 11.4. The number of aromatic amines is 1. The zero-order chi connectivity index (χ0) is 18.1. The van der Waals surface area contributed by atoms with Gasteiger partial charge in [0.1, 0.15) is 5.01 Å². The highest BCUT2D eigenvalue weighted by molar-refractivity contribution is 7.14. The van der Waals surface area contributed by atoms with Gasteiger partial charge < -0.3 is 15.2 Å². The van der Waals surface area contributed by atoms with Crippen molar-refractivity contribution in [1.82, 2.24) is 25.0 Å². The van der Waals surface area contributed by atoms with Crippen LogP contribution in [0.3, 0.4) is 0 Å². The summed E-state index contributed by atoms with van der Waals surface area (Å²) >= 11 is 1.62. The van der Waals surface area contributed by atoms with E-state index in [4.69, 9.17) is 0 Å². The minimum Gasteiger partial charge on any atom is -0.386 e. The molecular weight excluding hydrogens is 348 g/mol. The average molecular weight is 370 g/mol. The van der Waals surface area contributed by atoms with E-state index in [1.54, 1.807) is 18.3 Å². The number of rotatable bonds is 4. The maximum absolute atomic E-state index is 11.4. The molecule has 0 bridgehead atoms. The van der Waals surface area contributed by atoms with Crippen LogP contribution < -0.4 is 5.32 Å². The van der Waals surface area contributed by atoms with Crippen LogP contribution in [0.5, 0.6) is 0 Å². The number of amides is 1. The van der Waals surface area contributed by atoms with E-state index in [0.717, 1.165) is 65.0 Å².